The van der Waals surface area contributed by atoms with Crippen LogP contribution in [0.15, 0.2) is 77.8 Å². The zero-order chi connectivity index (χ0) is 22.4. The van der Waals surface area contributed by atoms with Crippen LogP contribution in [-0.4, -0.2) is 47.3 Å². The Kier molecular flexibility index (Phi) is 4.19. The fourth-order valence-corrected chi connectivity index (χ4v) is 3.79. The molecule has 9 nitrogen and oxygen atoms in total. The van der Waals surface area contributed by atoms with Gasteiger partial charge >= 0.3 is 5.97 Å². The van der Waals surface area contributed by atoms with Gasteiger partial charge in [0.25, 0.3) is 0 Å². The predicted molar refractivity (Wildman–Crippen MR) is 124 cm³/mol. The Morgan fingerprint density at radius 1 is 1.03 bits per heavy atom. The smallest absolute Gasteiger partial charge is 0.335 e. The number of carboxylic acid groups (broad SMARTS) is 1. The molecule has 0 atom stereocenters. The zero-order valence-electron chi connectivity index (χ0n) is 17.0. The number of imidazole rings is 1. The first kappa shape index (κ1) is 18.8. The molecule has 0 fully saturated rings. The highest BCUT2D eigenvalue weighted by Crippen LogP contribution is 2.26. The molecule has 2 N–H and O–H groups in total. The molecule has 0 radical (unpaired) electrons. The topological polar surface area (TPSA) is 121 Å². The molecule has 33 heavy (non-hydrogen) atoms. The number of aromatic carboxylic acids is 1. The van der Waals surface area contributed by atoms with Crippen molar-refractivity contribution in [1.82, 2.24) is 30.0 Å². The SMILES string of the molecule is O=C(O)c1ccc(N=Cc2cc3cc(-c4nc5ccccc5[nH]4)ccc3n3nnnc23)cc1. The van der Waals surface area contributed by atoms with Crippen LogP contribution in [-0.2, 0) is 0 Å². The third kappa shape index (κ3) is 3.28. The van der Waals surface area contributed by atoms with Crippen LogP contribution in [0.4, 0.5) is 5.69 Å². The van der Waals surface area contributed by atoms with Crippen molar-refractivity contribution in [3.05, 3.63) is 83.9 Å². The molecule has 6 rings (SSSR count). The summed E-state index contributed by atoms with van der Waals surface area (Å²) in [6.07, 6.45) is 1.68. The molecule has 0 saturated heterocycles. The summed E-state index contributed by atoms with van der Waals surface area (Å²) in [6.45, 7) is 0. The number of carbonyl (C=O) groups is 1. The number of carboxylic acids is 1. The van der Waals surface area contributed by atoms with Gasteiger partial charge in [0.05, 0.1) is 27.8 Å². The molecule has 0 spiro atoms. The van der Waals surface area contributed by atoms with E-state index in [0.717, 1.165) is 38.9 Å². The summed E-state index contributed by atoms with van der Waals surface area (Å²) in [6, 6.07) is 22.2. The van der Waals surface area contributed by atoms with Gasteiger partial charge in [-0.3, -0.25) is 4.99 Å². The maximum atomic E-state index is 11.0. The van der Waals surface area contributed by atoms with E-state index in [9.17, 15) is 4.79 Å². The second-order valence-electron chi connectivity index (χ2n) is 7.50. The molecular weight excluding hydrogens is 418 g/mol. The van der Waals surface area contributed by atoms with Gasteiger partial charge in [0.2, 0.25) is 0 Å². The number of pyridine rings is 1. The highest BCUT2D eigenvalue weighted by molar-refractivity contribution is 5.97. The van der Waals surface area contributed by atoms with Crippen molar-refractivity contribution in [2.45, 2.75) is 0 Å². The number of H-pyrrole nitrogens is 1. The van der Waals surface area contributed by atoms with Crippen molar-refractivity contribution in [2.75, 3.05) is 0 Å². The monoisotopic (exact) mass is 433 g/mol. The molecule has 3 heterocycles. The number of aliphatic imine (C=N–C) groups is 1. The van der Waals surface area contributed by atoms with E-state index in [1.807, 2.05) is 48.5 Å². The number of hydrogen-bond acceptors (Lipinski definition) is 6. The van der Waals surface area contributed by atoms with E-state index in [1.165, 1.54) is 12.1 Å². The Balaban J connectivity index is 1.44. The Bertz CT molecular complexity index is 1660. The lowest BCUT2D eigenvalue weighted by atomic mass is 10.1. The summed E-state index contributed by atoms with van der Waals surface area (Å²) in [5.41, 5.74) is 5.83. The first-order valence-corrected chi connectivity index (χ1v) is 10.1. The lowest BCUT2D eigenvalue weighted by Crippen LogP contribution is -1.96. The quantitative estimate of drug-likeness (QED) is 0.401. The minimum absolute atomic E-state index is 0.210. The molecule has 3 aromatic carbocycles. The molecule has 3 aromatic heterocycles. The van der Waals surface area contributed by atoms with Crippen molar-refractivity contribution in [2.24, 2.45) is 4.99 Å². The summed E-state index contributed by atoms with van der Waals surface area (Å²) in [5, 5.41) is 22.1. The van der Waals surface area contributed by atoms with Crippen LogP contribution in [0, 0.1) is 0 Å². The van der Waals surface area contributed by atoms with Gasteiger partial charge in [-0.25, -0.2) is 9.78 Å². The Morgan fingerprint density at radius 2 is 1.88 bits per heavy atom. The van der Waals surface area contributed by atoms with E-state index < -0.39 is 5.97 Å². The van der Waals surface area contributed by atoms with Crippen molar-refractivity contribution < 1.29 is 9.90 Å². The zero-order valence-corrected chi connectivity index (χ0v) is 17.0. The number of fused-ring (bicyclic) bond motifs is 4. The number of aromatic amines is 1. The lowest BCUT2D eigenvalue weighted by molar-refractivity contribution is 0.0697. The summed E-state index contributed by atoms with van der Waals surface area (Å²) >= 11 is 0. The molecule has 6 aromatic rings. The van der Waals surface area contributed by atoms with Crippen LogP contribution in [0.25, 0.3) is 39.0 Å². The maximum Gasteiger partial charge on any atom is 0.335 e. The Labute approximate surface area is 186 Å². The van der Waals surface area contributed by atoms with Gasteiger partial charge in [0.15, 0.2) is 5.65 Å². The third-order valence-corrected chi connectivity index (χ3v) is 5.42. The van der Waals surface area contributed by atoms with Crippen molar-refractivity contribution in [3.63, 3.8) is 0 Å². The van der Waals surface area contributed by atoms with Gasteiger partial charge in [0.1, 0.15) is 5.82 Å². The fourth-order valence-electron chi connectivity index (χ4n) is 3.79. The minimum atomic E-state index is -0.975. The van der Waals surface area contributed by atoms with Gasteiger partial charge in [-0.05, 0) is 71.1 Å². The predicted octanol–water partition coefficient (Wildman–Crippen LogP) is 4.27. The highest BCUT2D eigenvalue weighted by atomic mass is 16.4. The Hall–Kier alpha value is -4.92. The van der Waals surface area contributed by atoms with Gasteiger partial charge in [0, 0.05) is 22.7 Å². The molecule has 0 aliphatic heterocycles. The van der Waals surface area contributed by atoms with Gasteiger partial charge < -0.3 is 10.1 Å². The third-order valence-electron chi connectivity index (χ3n) is 5.42. The normalized spacial score (nSPS) is 11.8. The van der Waals surface area contributed by atoms with Crippen molar-refractivity contribution in [3.8, 4) is 11.4 Å². The first-order chi connectivity index (χ1) is 16.2. The van der Waals surface area contributed by atoms with Crippen LogP contribution in [0.2, 0.25) is 0 Å². The number of nitrogens with zero attached hydrogens (tertiary/aromatic N) is 6. The molecular formula is C24H15N7O2. The number of benzene rings is 3. The maximum absolute atomic E-state index is 11.0. The summed E-state index contributed by atoms with van der Waals surface area (Å²) < 4.78 is 1.67. The number of hydrogen-bond donors (Lipinski definition) is 2. The lowest BCUT2D eigenvalue weighted by Gasteiger charge is -2.05. The summed E-state index contributed by atoms with van der Waals surface area (Å²) in [5.74, 6) is -0.194. The van der Waals surface area contributed by atoms with Gasteiger partial charge in [-0.2, -0.15) is 4.52 Å². The standard InChI is InChI=1S/C24H15N7O2/c32-24(33)14-5-8-18(9-6-14)25-13-17-12-16-11-15(7-10-21(16)31-23(17)28-29-30-31)22-26-19-3-1-2-4-20(19)27-22/h1-13H,(H,26,27)(H,32,33). The van der Waals surface area contributed by atoms with E-state index >= 15 is 0 Å². The number of aromatic nitrogens is 6. The van der Waals surface area contributed by atoms with Crippen LogP contribution >= 0.6 is 0 Å². The first-order valence-electron chi connectivity index (χ1n) is 10.1. The average molecular weight is 433 g/mol. The van der Waals surface area contributed by atoms with E-state index in [4.69, 9.17) is 5.11 Å². The molecule has 0 bridgehead atoms. The van der Waals surface area contributed by atoms with Gasteiger partial charge in [-0.15, -0.1) is 5.10 Å². The fraction of sp³-hybridized carbons (Fsp3) is 0. The summed E-state index contributed by atoms with van der Waals surface area (Å²) in [4.78, 5) is 23.6. The van der Waals surface area contributed by atoms with E-state index in [-0.39, 0.29) is 5.56 Å². The number of rotatable bonds is 4. The number of nitrogens with one attached hydrogen (secondary N) is 1. The van der Waals surface area contributed by atoms with Crippen LogP contribution < -0.4 is 0 Å². The molecule has 0 amide bonds. The van der Waals surface area contributed by atoms with Gasteiger partial charge in [-0.1, -0.05) is 12.1 Å². The largest absolute Gasteiger partial charge is 0.478 e. The Morgan fingerprint density at radius 3 is 2.70 bits per heavy atom. The van der Waals surface area contributed by atoms with E-state index in [1.54, 1.807) is 22.9 Å². The van der Waals surface area contributed by atoms with Crippen molar-refractivity contribution in [1.29, 1.82) is 0 Å². The molecule has 0 aliphatic rings. The second-order valence-corrected chi connectivity index (χ2v) is 7.50. The average Bonchev–Trinajstić information content (AvgIpc) is 3.50. The highest BCUT2D eigenvalue weighted by Gasteiger charge is 2.12. The van der Waals surface area contributed by atoms with Crippen molar-refractivity contribution >= 4 is 45.5 Å². The molecule has 0 saturated carbocycles. The van der Waals surface area contributed by atoms with E-state index in [2.05, 4.69) is 30.5 Å². The molecule has 9 heteroatoms. The molecule has 0 unspecified atom stereocenters. The second kappa shape index (κ2) is 7.34. The number of tetrazole rings is 1. The summed E-state index contributed by atoms with van der Waals surface area (Å²) in [7, 11) is 0. The van der Waals surface area contributed by atoms with Crippen LogP contribution in [0.1, 0.15) is 15.9 Å². The molecule has 0 aliphatic carbocycles. The van der Waals surface area contributed by atoms with E-state index in [0.29, 0.717) is 11.3 Å². The minimum Gasteiger partial charge on any atom is -0.478 e. The molecule has 158 valence electrons. The van der Waals surface area contributed by atoms with Crippen LogP contribution in [0.3, 0.4) is 0 Å². The number of para-hydroxylation sites is 2. The van der Waals surface area contributed by atoms with Crippen LogP contribution in [0.5, 0.6) is 0 Å².